The first-order chi connectivity index (χ1) is 9.74. The molecular weight excluding hydrogens is 248 g/mol. The lowest BCUT2D eigenvalue weighted by Gasteiger charge is -2.42. The first-order valence-corrected chi connectivity index (χ1v) is 7.99. The summed E-state index contributed by atoms with van der Waals surface area (Å²) < 4.78 is 2.19. The maximum absolute atomic E-state index is 3.50. The van der Waals surface area contributed by atoms with Crippen molar-refractivity contribution in [2.45, 2.75) is 18.9 Å². The number of aromatic nitrogens is 1. The summed E-state index contributed by atoms with van der Waals surface area (Å²) in [5.41, 5.74) is 1.52. The molecule has 4 heteroatoms. The molecule has 1 aromatic rings. The van der Waals surface area contributed by atoms with Crippen LogP contribution in [0.3, 0.4) is 0 Å². The molecule has 1 N–H and O–H groups in total. The minimum Gasteiger partial charge on any atom is -0.357 e. The van der Waals surface area contributed by atoms with Crippen LogP contribution in [-0.4, -0.2) is 60.7 Å². The summed E-state index contributed by atoms with van der Waals surface area (Å²) in [5.74, 6) is 0.807. The molecule has 3 heterocycles. The molecule has 0 amide bonds. The van der Waals surface area contributed by atoms with Crippen molar-refractivity contribution in [3.05, 3.63) is 24.0 Å². The first kappa shape index (κ1) is 14.1. The highest BCUT2D eigenvalue weighted by atomic mass is 15.3. The van der Waals surface area contributed by atoms with Crippen molar-refractivity contribution >= 4 is 0 Å². The number of aryl methyl sites for hydroxylation is 1. The highest BCUT2D eigenvalue weighted by Gasteiger charge is 2.31. The van der Waals surface area contributed by atoms with E-state index in [1.807, 2.05) is 0 Å². The Labute approximate surface area is 122 Å². The van der Waals surface area contributed by atoms with Gasteiger partial charge in [-0.15, -0.1) is 0 Å². The van der Waals surface area contributed by atoms with E-state index >= 15 is 0 Å². The molecule has 0 bridgehead atoms. The lowest BCUT2D eigenvalue weighted by atomic mass is 9.85. The topological polar surface area (TPSA) is 23.4 Å². The predicted octanol–water partition coefficient (Wildman–Crippen LogP) is 1.31. The smallest absolute Gasteiger partial charge is 0.0393 e. The zero-order chi connectivity index (χ0) is 13.9. The number of hydrogen-bond donors (Lipinski definition) is 1. The summed E-state index contributed by atoms with van der Waals surface area (Å²) in [5, 5.41) is 3.50. The van der Waals surface area contributed by atoms with E-state index in [-0.39, 0.29) is 0 Å². The Morgan fingerprint density at radius 1 is 1.10 bits per heavy atom. The molecule has 0 radical (unpaired) electrons. The van der Waals surface area contributed by atoms with Gasteiger partial charge in [0.1, 0.15) is 0 Å². The van der Waals surface area contributed by atoms with E-state index in [0.29, 0.717) is 6.04 Å². The maximum Gasteiger partial charge on any atom is 0.0393 e. The summed E-state index contributed by atoms with van der Waals surface area (Å²) in [4.78, 5) is 5.17. The number of likely N-dealkylation sites (N-methyl/N-ethyl adjacent to an activating group) is 1. The molecular formula is C16H28N4. The molecule has 112 valence electrons. The van der Waals surface area contributed by atoms with E-state index in [9.17, 15) is 0 Å². The second-order valence-corrected chi connectivity index (χ2v) is 6.48. The third-order valence-corrected chi connectivity index (χ3v) is 4.96. The van der Waals surface area contributed by atoms with Gasteiger partial charge < -0.3 is 14.8 Å². The van der Waals surface area contributed by atoms with Crippen molar-refractivity contribution in [2.75, 3.05) is 46.3 Å². The summed E-state index contributed by atoms with van der Waals surface area (Å²) in [6, 6.07) is 2.94. The van der Waals surface area contributed by atoms with Crippen LogP contribution in [0.25, 0.3) is 0 Å². The monoisotopic (exact) mass is 276 g/mol. The van der Waals surface area contributed by atoms with Crippen LogP contribution in [0.15, 0.2) is 18.5 Å². The highest BCUT2D eigenvalue weighted by Crippen LogP contribution is 2.34. The van der Waals surface area contributed by atoms with Gasteiger partial charge in [-0.2, -0.15) is 0 Å². The van der Waals surface area contributed by atoms with Crippen LogP contribution >= 0.6 is 0 Å². The van der Waals surface area contributed by atoms with Crippen molar-refractivity contribution in [1.29, 1.82) is 0 Å². The normalized spacial score (nSPS) is 24.9. The fraction of sp³-hybridized carbons (Fsp3) is 0.750. The highest BCUT2D eigenvalue weighted by molar-refractivity contribution is 5.17. The second-order valence-electron chi connectivity index (χ2n) is 6.48. The van der Waals surface area contributed by atoms with Gasteiger partial charge in [0, 0.05) is 51.7 Å². The van der Waals surface area contributed by atoms with E-state index < -0.39 is 0 Å². The summed E-state index contributed by atoms with van der Waals surface area (Å²) >= 11 is 0. The molecule has 0 aliphatic carbocycles. The molecule has 1 atom stereocenters. The lowest BCUT2D eigenvalue weighted by Crippen LogP contribution is -2.48. The van der Waals surface area contributed by atoms with Crippen molar-refractivity contribution in [2.24, 2.45) is 13.0 Å². The first-order valence-electron chi connectivity index (χ1n) is 7.99. The number of nitrogens with one attached hydrogen (secondary N) is 1. The Kier molecular flexibility index (Phi) is 4.44. The van der Waals surface area contributed by atoms with Crippen LogP contribution in [0.4, 0.5) is 0 Å². The van der Waals surface area contributed by atoms with Crippen LogP contribution in [0.5, 0.6) is 0 Å². The van der Waals surface area contributed by atoms with E-state index in [1.54, 1.807) is 0 Å². The van der Waals surface area contributed by atoms with Crippen LogP contribution in [0, 0.1) is 5.92 Å². The molecule has 3 rings (SSSR count). The van der Waals surface area contributed by atoms with Crippen molar-refractivity contribution in [3.8, 4) is 0 Å². The van der Waals surface area contributed by atoms with Crippen LogP contribution in [0.1, 0.15) is 24.4 Å². The van der Waals surface area contributed by atoms with Crippen LogP contribution < -0.4 is 5.32 Å². The number of hydrogen-bond acceptors (Lipinski definition) is 3. The molecule has 20 heavy (non-hydrogen) atoms. The molecule has 2 fully saturated rings. The minimum atomic E-state index is 0.618. The zero-order valence-corrected chi connectivity index (χ0v) is 12.9. The number of rotatable bonds is 3. The van der Waals surface area contributed by atoms with E-state index in [0.717, 1.165) is 5.92 Å². The molecule has 0 saturated carbocycles. The predicted molar refractivity (Wildman–Crippen MR) is 82.8 cm³/mol. The van der Waals surface area contributed by atoms with Crippen LogP contribution in [0.2, 0.25) is 0 Å². The van der Waals surface area contributed by atoms with Gasteiger partial charge >= 0.3 is 0 Å². The van der Waals surface area contributed by atoms with E-state index in [4.69, 9.17) is 0 Å². The van der Waals surface area contributed by atoms with Crippen molar-refractivity contribution in [3.63, 3.8) is 0 Å². The van der Waals surface area contributed by atoms with Crippen LogP contribution in [-0.2, 0) is 7.05 Å². The summed E-state index contributed by atoms with van der Waals surface area (Å²) in [6.07, 6.45) is 7.14. The molecule has 1 unspecified atom stereocenters. The fourth-order valence-corrected chi connectivity index (χ4v) is 3.74. The Morgan fingerprint density at radius 2 is 1.80 bits per heavy atom. The summed E-state index contributed by atoms with van der Waals surface area (Å²) in [7, 11) is 4.37. The molecule has 4 nitrogen and oxygen atoms in total. The van der Waals surface area contributed by atoms with Gasteiger partial charge in [0.2, 0.25) is 0 Å². The third kappa shape index (κ3) is 3.08. The molecule has 2 aliphatic heterocycles. The number of piperidine rings is 1. The quantitative estimate of drug-likeness (QED) is 0.900. The van der Waals surface area contributed by atoms with Gasteiger partial charge in [-0.25, -0.2) is 0 Å². The fourth-order valence-electron chi connectivity index (χ4n) is 3.74. The third-order valence-electron chi connectivity index (χ3n) is 4.96. The van der Waals surface area contributed by atoms with Gasteiger partial charge in [0.15, 0.2) is 0 Å². The van der Waals surface area contributed by atoms with Gasteiger partial charge in [-0.3, -0.25) is 4.90 Å². The average Bonchev–Trinajstić information content (AvgIpc) is 2.89. The van der Waals surface area contributed by atoms with Gasteiger partial charge in [0.05, 0.1) is 0 Å². The van der Waals surface area contributed by atoms with Gasteiger partial charge in [0.25, 0.3) is 0 Å². The second kappa shape index (κ2) is 6.29. The minimum absolute atomic E-state index is 0.618. The van der Waals surface area contributed by atoms with Gasteiger partial charge in [-0.1, -0.05) is 0 Å². The molecule has 2 aliphatic rings. The SMILES string of the molecule is CN1CCN(C(c2ccn(C)c2)C2CCNCC2)CC1. The Bertz CT molecular complexity index is 414. The molecule has 2 saturated heterocycles. The Morgan fingerprint density at radius 3 is 2.40 bits per heavy atom. The lowest BCUT2D eigenvalue weighted by molar-refractivity contribution is 0.0693. The van der Waals surface area contributed by atoms with E-state index in [1.165, 1.54) is 57.7 Å². The maximum atomic E-state index is 3.50. The van der Waals surface area contributed by atoms with Crippen molar-refractivity contribution in [1.82, 2.24) is 19.7 Å². The largest absolute Gasteiger partial charge is 0.357 e. The molecule has 1 aromatic heterocycles. The number of nitrogens with zero attached hydrogens (tertiary/aromatic N) is 3. The van der Waals surface area contributed by atoms with Gasteiger partial charge in [-0.05, 0) is 50.5 Å². The summed E-state index contributed by atoms with van der Waals surface area (Å²) in [6.45, 7) is 7.19. The van der Waals surface area contributed by atoms with Crippen molar-refractivity contribution < 1.29 is 0 Å². The zero-order valence-electron chi connectivity index (χ0n) is 12.9. The average molecular weight is 276 g/mol. The number of piperazine rings is 1. The standard InChI is InChI=1S/C16H28N4/c1-18-9-11-20(12-10-18)16(14-3-6-17-7-4-14)15-5-8-19(2)13-15/h5,8,13-14,16-17H,3-4,6-7,9-12H2,1-2H3. The Hall–Kier alpha value is -0.840. The molecule has 0 aromatic carbocycles. The van der Waals surface area contributed by atoms with E-state index in [2.05, 4.69) is 52.2 Å². The Balaban J connectivity index is 1.79. The molecule has 0 spiro atoms.